The third kappa shape index (κ3) is 1.98. The number of anilines is 1. The molecule has 5 nitrogen and oxygen atoms in total. The van der Waals surface area contributed by atoms with Gasteiger partial charge in [0.2, 0.25) is 0 Å². The first-order valence-electron chi connectivity index (χ1n) is 6.14. The maximum absolute atomic E-state index is 11.1. The van der Waals surface area contributed by atoms with Gasteiger partial charge in [-0.2, -0.15) is 0 Å². The molecule has 1 saturated carbocycles. The molecule has 1 aromatic heterocycles. The van der Waals surface area contributed by atoms with Crippen molar-refractivity contribution in [2.24, 2.45) is 5.41 Å². The predicted octanol–water partition coefficient (Wildman–Crippen LogP) is 3.13. The van der Waals surface area contributed by atoms with Gasteiger partial charge in [-0.3, -0.25) is 15.1 Å². The van der Waals surface area contributed by atoms with Crippen LogP contribution in [0.4, 0.5) is 11.4 Å². The largest absolute Gasteiger partial charge is 0.364 e. The van der Waals surface area contributed by atoms with E-state index in [9.17, 15) is 10.1 Å². The van der Waals surface area contributed by atoms with E-state index >= 15 is 0 Å². The lowest BCUT2D eigenvalue weighted by molar-refractivity contribution is -0.384. The van der Waals surface area contributed by atoms with Gasteiger partial charge >= 0.3 is 5.69 Å². The molecule has 0 radical (unpaired) electrons. The quantitative estimate of drug-likeness (QED) is 0.622. The fourth-order valence-electron chi connectivity index (χ4n) is 2.85. The SMILES string of the molecule is O=[N+]([O-])c1cncc(Br)c1N1CCCC2(CC2)C1. The number of hydrogen-bond donors (Lipinski definition) is 0. The van der Waals surface area contributed by atoms with Crippen LogP contribution in [0.5, 0.6) is 0 Å². The lowest BCUT2D eigenvalue weighted by Crippen LogP contribution is -2.37. The molecule has 1 saturated heterocycles. The molecule has 1 aliphatic carbocycles. The van der Waals surface area contributed by atoms with Crippen LogP contribution in [-0.2, 0) is 0 Å². The summed E-state index contributed by atoms with van der Waals surface area (Å²) in [6, 6.07) is 0. The summed E-state index contributed by atoms with van der Waals surface area (Å²) in [5.74, 6) is 0. The summed E-state index contributed by atoms with van der Waals surface area (Å²) in [5.41, 5.74) is 1.23. The number of halogens is 1. The second-order valence-corrected chi connectivity index (χ2v) is 6.13. The Morgan fingerprint density at radius 3 is 2.83 bits per heavy atom. The summed E-state index contributed by atoms with van der Waals surface area (Å²) >= 11 is 3.40. The molecule has 2 fully saturated rings. The van der Waals surface area contributed by atoms with Crippen LogP contribution in [0.15, 0.2) is 16.9 Å². The number of aromatic nitrogens is 1. The van der Waals surface area contributed by atoms with Crippen LogP contribution in [0.25, 0.3) is 0 Å². The van der Waals surface area contributed by atoms with E-state index in [-0.39, 0.29) is 10.6 Å². The molecule has 2 heterocycles. The second kappa shape index (κ2) is 4.19. The second-order valence-electron chi connectivity index (χ2n) is 5.27. The topological polar surface area (TPSA) is 59.3 Å². The van der Waals surface area contributed by atoms with E-state index < -0.39 is 0 Å². The minimum atomic E-state index is -0.346. The molecule has 0 atom stereocenters. The van der Waals surface area contributed by atoms with E-state index in [0.29, 0.717) is 11.1 Å². The van der Waals surface area contributed by atoms with Crippen molar-refractivity contribution in [2.45, 2.75) is 25.7 Å². The first-order chi connectivity index (χ1) is 8.61. The zero-order valence-electron chi connectivity index (χ0n) is 9.93. The van der Waals surface area contributed by atoms with Gasteiger partial charge < -0.3 is 4.90 Å². The van der Waals surface area contributed by atoms with E-state index in [1.54, 1.807) is 6.20 Å². The van der Waals surface area contributed by atoms with Crippen LogP contribution in [0.2, 0.25) is 0 Å². The number of hydrogen-bond acceptors (Lipinski definition) is 4. The number of piperidine rings is 1. The van der Waals surface area contributed by atoms with E-state index in [2.05, 4.69) is 25.8 Å². The molecular formula is C12H14BrN3O2. The molecule has 6 heteroatoms. The Bertz CT molecular complexity index is 502. The Labute approximate surface area is 113 Å². The first kappa shape index (κ1) is 11.9. The highest BCUT2D eigenvalue weighted by Gasteiger charge is 2.46. The Morgan fingerprint density at radius 2 is 2.17 bits per heavy atom. The molecule has 96 valence electrons. The monoisotopic (exact) mass is 311 g/mol. The van der Waals surface area contributed by atoms with Gasteiger partial charge in [-0.05, 0) is 47.0 Å². The van der Waals surface area contributed by atoms with Crippen LogP contribution < -0.4 is 4.90 Å². The van der Waals surface area contributed by atoms with E-state index in [1.165, 1.54) is 25.5 Å². The molecule has 1 aliphatic heterocycles. The molecule has 3 rings (SSSR count). The van der Waals surface area contributed by atoms with Crippen LogP contribution in [0.3, 0.4) is 0 Å². The van der Waals surface area contributed by atoms with Crippen molar-refractivity contribution in [3.05, 3.63) is 27.0 Å². The molecule has 2 aliphatic rings. The Morgan fingerprint density at radius 1 is 1.39 bits per heavy atom. The van der Waals surface area contributed by atoms with Gasteiger partial charge in [0.1, 0.15) is 11.9 Å². The van der Waals surface area contributed by atoms with Gasteiger partial charge in [0.15, 0.2) is 0 Å². The molecule has 0 aromatic carbocycles. The van der Waals surface area contributed by atoms with Gasteiger partial charge in [-0.1, -0.05) is 0 Å². The molecule has 0 unspecified atom stereocenters. The smallest absolute Gasteiger partial charge is 0.311 e. The van der Waals surface area contributed by atoms with Crippen LogP contribution in [0.1, 0.15) is 25.7 Å². The van der Waals surface area contributed by atoms with Gasteiger partial charge in [0.05, 0.1) is 9.40 Å². The summed E-state index contributed by atoms with van der Waals surface area (Å²) in [4.78, 5) is 16.8. The third-order valence-electron chi connectivity index (χ3n) is 3.98. The molecular weight excluding hydrogens is 298 g/mol. The van der Waals surface area contributed by atoms with Crippen molar-refractivity contribution in [1.82, 2.24) is 4.98 Å². The average molecular weight is 312 g/mol. The van der Waals surface area contributed by atoms with Gasteiger partial charge in [0, 0.05) is 19.3 Å². The van der Waals surface area contributed by atoms with E-state index in [0.717, 1.165) is 24.0 Å². The van der Waals surface area contributed by atoms with Crippen molar-refractivity contribution in [3.63, 3.8) is 0 Å². The van der Waals surface area contributed by atoms with Crippen molar-refractivity contribution >= 4 is 27.3 Å². The average Bonchev–Trinajstić information content (AvgIpc) is 3.08. The highest BCUT2D eigenvalue weighted by Crippen LogP contribution is 2.53. The number of nitrogens with zero attached hydrogens (tertiary/aromatic N) is 3. The zero-order chi connectivity index (χ0) is 12.8. The van der Waals surface area contributed by atoms with Crippen molar-refractivity contribution in [2.75, 3.05) is 18.0 Å². The highest BCUT2D eigenvalue weighted by molar-refractivity contribution is 9.10. The van der Waals surface area contributed by atoms with Crippen LogP contribution in [-0.4, -0.2) is 23.0 Å². The Balaban J connectivity index is 1.97. The molecule has 1 spiro atoms. The summed E-state index contributed by atoms with van der Waals surface area (Å²) in [6.45, 7) is 1.83. The van der Waals surface area contributed by atoms with E-state index in [4.69, 9.17) is 0 Å². The summed E-state index contributed by atoms with van der Waals surface area (Å²) < 4.78 is 0.717. The van der Waals surface area contributed by atoms with Gasteiger partial charge in [-0.15, -0.1) is 0 Å². The molecule has 18 heavy (non-hydrogen) atoms. The molecule has 0 N–H and O–H groups in total. The fourth-order valence-corrected chi connectivity index (χ4v) is 3.42. The summed E-state index contributed by atoms with van der Waals surface area (Å²) in [7, 11) is 0. The lowest BCUT2D eigenvalue weighted by Gasteiger charge is -2.34. The fraction of sp³-hybridized carbons (Fsp3) is 0.583. The van der Waals surface area contributed by atoms with Gasteiger partial charge in [-0.25, -0.2) is 0 Å². The van der Waals surface area contributed by atoms with Crippen molar-refractivity contribution in [3.8, 4) is 0 Å². The zero-order valence-corrected chi connectivity index (χ0v) is 11.5. The molecule has 0 amide bonds. The minimum Gasteiger partial charge on any atom is -0.364 e. The predicted molar refractivity (Wildman–Crippen MR) is 71.7 cm³/mol. The molecule has 1 aromatic rings. The lowest BCUT2D eigenvalue weighted by atomic mass is 9.94. The van der Waals surface area contributed by atoms with Crippen LogP contribution >= 0.6 is 15.9 Å². The number of nitro groups is 1. The molecule has 0 bridgehead atoms. The number of rotatable bonds is 2. The normalized spacial score (nSPS) is 21.1. The van der Waals surface area contributed by atoms with Crippen LogP contribution in [0, 0.1) is 15.5 Å². The number of pyridine rings is 1. The van der Waals surface area contributed by atoms with E-state index in [1.807, 2.05) is 0 Å². The maximum atomic E-state index is 11.1. The third-order valence-corrected chi connectivity index (χ3v) is 4.57. The Hall–Kier alpha value is -1.17. The van der Waals surface area contributed by atoms with Gasteiger partial charge in [0.25, 0.3) is 0 Å². The van der Waals surface area contributed by atoms with Crippen molar-refractivity contribution < 1.29 is 4.92 Å². The standard InChI is InChI=1S/C12H14BrN3O2/c13-9-6-14-7-10(16(17)18)11(9)15-5-1-2-12(8-15)3-4-12/h6-7H,1-5,8H2. The first-order valence-corrected chi connectivity index (χ1v) is 6.93. The van der Waals surface area contributed by atoms with Crippen molar-refractivity contribution in [1.29, 1.82) is 0 Å². The summed E-state index contributed by atoms with van der Waals surface area (Å²) in [6.07, 6.45) is 7.89. The maximum Gasteiger partial charge on any atom is 0.311 e. The minimum absolute atomic E-state index is 0.0991. The highest BCUT2D eigenvalue weighted by atomic mass is 79.9. The summed E-state index contributed by atoms with van der Waals surface area (Å²) in [5, 5.41) is 11.1. The Kier molecular flexibility index (Phi) is 2.77.